The molecule has 0 N–H and O–H groups in total. The molecule has 1 amide bonds. The average molecular weight is 472 g/mol. The number of nitrogens with zero attached hydrogens (tertiary/aromatic N) is 2. The van der Waals surface area contributed by atoms with Gasteiger partial charge in [0, 0.05) is 55.0 Å². The Labute approximate surface area is 194 Å². The number of ether oxygens (including phenoxy) is 1. The molecular formula is C26H24F4N2O2. The summed E-state index contributed by atoms with van der Waals surface area (Å²) in [7, 11) is 0. The van der Waals surface area contributed by atoms with Gasteiger partial charge in [-0.05, 0) is 53.9 Å². The predicted molar refractivity (Wildman–Crippen MR) is 121 cm³/mol. The van der Waals surface area contributed by atoms with Crippen LogP contribution in [0.5, 0.6) is 11.5 Å². The lowest BCUT2D eigenvalue weighted by atomic mass is 9.72. The normalized spacial score (nSPS) is 17.6. The number of alkyl halides is 4. The van der Waals surface area contributed by atoms with Crippen LogP contribution >= 0.6 is 0 Å². The van der Waals surface area contributed by atoms with E-state index in [0.29, 0.717) is 43.2 Å². The van der Waals surface area contributed by atoms with Crippen molar-refractivity contribution in [1.82, 2.24) is 9.80 Å². The van der Waals surface area contributed by atoms with Crippen molar-refractivity contribution in [2.24, 2.45) is 5.41 Å². The van der Waals surface area contributed by atoms with Gasteiger partial charge in [-0.3, -0.25) is 9.69 Å². The van der Waals surface area contributed by atoms with Gasteiger partial charge in [-0.25, -0.2) is 17.6 Å². The Morgan fingerprint density at radius 1 is 1.03 bits per heavy atom. The molecule has 0 atom stereocenters. The van der Waals surface area contributed by atoms with Crippen LogP contribution in [-0.2, 0) is 5.92 Å². The molecule has 3 aromatic carbocycles. The summed E-state index contributed by atoms with van der Waals surface area (Å²) in [5, 5.41) is 1.62. The van der Waals surface area contributed by atoms with Gasteiger partial charge in [-0.1, -0.05) is 12.1 Å². The van der Waals surface area contributed by atoms with Crippen LogP contribution in [0.1, 0.15) is 22.8 Å². The van der Waals surface area contributed by atoms with E-state index in [0.717, 1.165) is 17.7 Å². The van der Waals surface area contributed by atoms with Crippen LogP contribution in [0.15, 0.2) is 60.7 Å². The zero-order valence-corrected chi connectivity index (χ0v) is 18.6. The summed E-state index contributed by atoms with van der Waals surface area (Å²) in [4.78, 5) is 16.4. The second-order valence-corrected chi connectivity index (χ2v) is 9.43. The van der Waals surface area contributed by atoms with E-state index in [9.17, 15) is 22.4 Å². The molecule has 2 heterocycles. The second kappa shape index (κ2) is 8.27. The zero-order valence-electron chi connectivity index (χ0n) is 18.6. The third-order valence-corrected chi connectivity index (χ3v) is 6.53. The van der Waals surface area contributed by atoms with Gasteiger partial charge in [0.15, 0.2) is 0 Å². The fourth-order valence-corrected chi connectivity index (χ4v) is 4.93. The van der Waals surface area contributed by atoms with Crippen molar-refractivity contribution in [3.8, 4) is 11.5 Å². The largest absolute Gasteiger partial charge is 0.457 e. The minimum Gasteiger partial charge on any atom is -0.457 e. The SMILES string of the molecule is CC(F)(F)c1ccc(Oc2cccc3cc(C(=O)N4CC5(CN(CC(F)F)C5)C4)ccc23)cc1. The Morgan fingerprint density at radius 2 is 1.74 bits per heavy atom. The Balaban J connectivity index is 1.26. The van der Waals surface area contributed by atoms with Gasteiger partial charge >= 0.3 is 0 Å². The Bertz CT molecular complexity index is 1210. The molecule has 5 rings (SSSR count). The average Bonchev–Trinajstić information content (AvgIpc) is 2.73. The van der Waals surface area contributed by atoms with Crippen molar-refractivity contribution in [2.75, 3.05) is 32.7 Å². The van der Waals surface area contributed by atoms with Gasteiger partial charge in [0.25, 0.3) is 18.3 Å². The molecular weight excluding hydrogens is 448 g/mol. The number of amides is 1. The summed E-state index contributed by atoms with van der Waals surface area (Å²) >= 11 is 0. The van der Waals surface area contributed by atoms with E-state index < -0.39 is 12.3 Å². The molecule has 2 fully saturated rings. The number of rotatable bonds is 6. The number of hydrogen-bond acceptors (Lipinski definition) is 3. The third-order valence-electron chi connectivity index (χ3n) is 6.53. The fraction of sp³-hybridized carbons (Fsp3) is 0.346. The summed E-state index contributed by atoms with van der Waals surface area (Å²) in [6.07, 6.45) is -2.33. The summed E-state index contributed by atoms with van der Waals surface area (Å²) < 4.78 is 57.8. The van der Waals surface area contributed by atoms with Crippen molar-refractivity contribution in [3.05, 3.63) is 71.8 Å². The first-order valence-electron chi connectivity index (χ1n) is 11.1. The van der Waals surface area contributed by atoms with Crippen LogP contribution in [0.25, 0.3) is 10.8 Å². The monoisotopic (exact) mass is 472 g/mol. The number of halogens is 4. The predicted octanol–water partition coefficient (Wildman–Crippen LogP) is 5.77. The molecule has 0 aromatic heterocycles. The minimum absolute atomic E-state index is 0.0420. The van der Waals surface area contributed by atoms with Crippen molar-refractivity contribution in [1.29, 1.82) is 0 Å². The van der Waals surface area contributed by atoms with Crippen molar-refractivity contribution >= 4 is 16.7 Å². The van der Waals surface area contributed by atoms with Crippen molar-refractivity contribution in [2.45, 2.75) is 19.3 Å². The van der Waals surface area contributed by atoms with Gasteiger partial charge in [-0.2, -0.15) is 0 Å². The van der Waals surface area contributed by atoms with Gasteiger partial charge in [-0.15, -0.1) is 0 Å². The molecule has 2 aliphatic heterocycles. The molecule has 0 aliphatic carbocycles. The highest BCUT2D eigenvalue weighted by atomic mass is 19.3. The van der Waals surface area contributed by atoms with E-state index in [-0.39, 0.29) is 23.4 Å². The summed E-state index contributed by atoms with van der Waals surface area (Å²) in [5.74, 6) is -2.00. The molecule has 2 saturated heterocycles. The first kappa shape index (κ1) is 22.7. The molecule has 8 heteroatoms. The lowest BCUT2D eigenvalue weighted by molar-refractivity contribution is -0.111. The zero-order chi connectivity index (χ0) is 24.1. The summed E-state index contributed by atoms with van der Waals surface area (Å²) in [5.41, 5.74) is 0.426. The Kier molecular flexibility index (Phi) is 5.51. The summed E-state index contributed by atoms with van der Waals surface area (Å²) in [6.45, 7) is 3.02. The van der Waals surface area contributed by atoms with Crippen LogP contribution in [0.2, 0.25) is 0 Å². The lowest BCUT2D eigenvalue weighted by Crippen LogP contribution is -2.73. The van der Waals surface area contributed by atoms with E-state index in [1.165, 1.54) is 24.3 Å². The standard InChI is InChI=1S/C26H24F4N2O2/c1-25(29,30)19-6-8-20(9-7-19)34-22-4-2-3-17-11-18(5-10-21(17)22)24(33)32-15-26(16-32)13-31(14-26)12-23(27)28/h2-11,23H,12-16H2,1H3. The van der Waals surface area contributed by atoms with Gasteiger partial charge < -0.3 is 9.64 Å². The highest BCUT2D eigenvalue weighted by Gasteiger charge is 2.53. The number of hydrogen-bond donors (Lipinski definition) is 0. The van der Waals surface area contributed by atoms with Crippen LogP contribution in [0.3, 0.4) is 0 Å². The highest BCUT2D eigenvalue weighted by molar-refractivity contribution is 6.00. The van der Waals surface area contributed by atoms with E-state index in [4.69, 9.17) is 4.74 Å². The smallest absolute Gasteiger partial charge is 0.270 e. The Hall–Kier alpha value is -3.13. The molecule has 1 spiro atoms. The first-order valence-corrected chi connectivity index (χ1v) is 11.1. The molecule has 178 valence electrons. The molecule has 0 bridgehead atoms. The topological polar surface area (TPSA) is 32.8 Å². The van der Waals surface area contributed by atoms with Crippen molar-refractivity contribution < 1.29 is 27.1 Å². The third kappa shape index (κ3) is 4.34. The van der Waals surface area contributed by atoms with E-state index in [1.807, 2.05) is 18.2 Å². The van der Waals surface area contributed by atoms with Gasteiger partial charge in [0.2, 0.25) is 0 Å². The van der Waals surface area contributed by atoms with Crippen molar-refractivity contribution in [3.63, 3.8) is 0 Å². The fourth-order valence-electron chi connectivity index (χ4n) is 4.93. The van der Waals surface area contributed by atoms with Crippen LogP contribution < -0.4 is 4.74 Å². The maximum absolute atomic E-state index is 13.4. The molecule has 4 nitrogen and oxygen atoms in total. The molecule has 0 saturated carbocycles. The number of carbonyl (C=O) groups is 1. The highest BCUT2D eigenvalue weighted by Crippen LogP contribution is 2.41. The molecule has 3 aromatic rings. The second-order valence-electron chi connectivity index (χ2n) is 9.43. The quantitative estimate of drug-likeness (QED) is 0.427. The summed E-state index contributed by atoms with van der Waals surface area (Å²) in [6, 6.07) is 16.5. The Morgan fingerprint density at radius 3 is 2.38 bits per heavy atom. The van der Waals surface area contributed by atoms with E-state index in [1.54, 1.807) is 28.0 Å². The lowest BCUT2D eigenvalue weighted by Gasteiger charge is -2.60. The number of benzene rings is 3. The van der Waals surface area contributed by atoms with Crippen LogP contribution in [0, 0.1) is 5.41 Å². The maximum atomic E-state index is 13.4. The molecule has 0 unspecified atom stereocenters. The molecule has 2 aliphatic rings. The van der Waals surface area contributed by atoms with Gasteiger partial charge in [0.05, 0.1) is 6.54 Å². The molecule has 34 heavy (non-hydrogen) atoms. The van der Waals surface area contributed by atoms with Crippen LogP contribution in [-0.4, -0.2) is 54.9 Å². The first-order chi connectivity index (χ1) is 16.1. The van der Waals surface area contributed by atoms with E-state index in [2.05, 4.69) is 0 Å². The van der Waals surface area contributed by atoms with Gasteiger partial charge in [0.1, 0.15) is 11.5 Å². The minimum atomic E-state index is -2.92. The maximum Gasteiger partial charge on any atom is 0.270 e. The number of fused-ring (bicyclic) bond motifs is 1. The number of likely N-dealkylation sites (tertiary alicyclic amines) is 2. The van der Waals surface area contributed by atoms with E-state index >= 15 is 0 Å². The number of carbonyl (C=O) groups excluding carboxylic acids is 1. The van der Waals surface area contributed by atoms with Crippen LogP contribution in [0.4, 0.5) is 17.6 Å². The molecule has 0 radical (unpaired) electrons.